The van der Waals surface area contributed by atoms with Crippen molar-refractivity contribution >= 4 is 6.34 Å². The molecule has 1 N–H and O–H groups in total. The third kappa shape index (κ3) is 2.05. The van der Waals surface area contributed by atoms with Gasteiger partial charge in [0.05, 0.1) is 12.4 Å². The molecule has 0 aromatic rings. The minimum atomic E-state index is 0.242. The van der Waals surface area contributed by atoms with E-state index in [1.165, 1.54) is 5.57 Å². The normalized spacial score (nSPS) is 22.0. The van der Waals surface area contributed by atoms with E-state index < -0.39 is 0 Å². The highest BCUT2D eigenvalue weighted by molar-refractivity contribution is 5.58. The summed E-state index contributed by atoms with van der Waals surface area (Å²) in [7, 11) is 0. The largest absolute Gasteiger partial charge is 0.353 e. The molecule has 10 heavy (non-hydrogen) atoms. The summed E-state index contributed by atoms with van der Waals surface area (Å²) in [5.74, 6) is 0. The summed E-state index contributed by atoms with van der Waals surface area (Å²) in [5.41, 5.74) is 1.30. The van der Waals surface area contributed by atoms with Gasteiger partial charge in [0.2, 0.25) is 0 Å². The van der Waals surface area contributed by atoms with Gasteiger partial charge in [-0.25, -0.2) is 0 Å². The third-order valence-corrected chi connectivity index (χ3v) is 1.21. The third-order valence-electron chi connectivity index (χ3n) is 1.21. The summed E-state index contributed by atoms with van der Waals surface area (Å²) < 4.78 is 0. The first kappa shape index (κ1) is 7.06. The van der Waals surface area contributed by atoms with Gasteiger partial charge in [-0.1, -0.05) is 11.6 Å². The molecular formula is C8H12N2. The van der Waals surface area contributed by atoms with Crippen LogP contribution >= 0.6 is 0 Å². The number of rotatable bonds is 1. The van der Waals surface area contributed by atoms with E-state index in [-0.39, 0.29) is 6.04 Å². The van der Waals surface area contributed by atoms with Gasteiger partial charge in [-0.2, -0.15) is 0 Å². The standard InChI is InChI=1S/C8H12N2/c1-7(2)5-8-3-4-9-6-10-8/h3-6,8H,1-2H3,(H,9,10). The number of aliphatic imine (C=N–C) groups is 1. The molecule has 2 nitrogen and oxygen atoms in total. The fourth-order valence-corrected chi connectivity index (χ4v) is 0.816. The Morgan fingerprint density at radius 1 is 1.60 bits per heavy atom. The van der Waals surface area contributed by atoms with Gasteiger partial charge in [-0.15, -0.1) is 0 Å². The molecule has 0 aliphatic carbocycles. The number of allylic oxidation sites excluding steroid dienone is 1. The molecule has 0 aromatic carbocycles. The summed E-state index contributed by atoms with van der Waals surface area (Å²) in [4.78, 5) is 4.17. The first-order valence-electron chi connectivity index (χ1n) is 3.38. The predicted octanol–water partition coefficient (Wildman–Crippen LogP) is 1.47. The maximum Gasteiger partial charge on any atom is 0.0897 e. The van der Waals surface area contributed by atoms with Gasteiger partial charge in [0.1, 0.15) is 0 Å². The summed E-state index contributed by atoms with van der Waals surface area (Å²) in [6.07, 6.45) is 7.75. The Morgan fingerprint density at radius 2 is 2.40 bits per heavy atom. The van der Waals surface area contributed by atoms with Gasteiger partial charge in [0.25, 0.3) is 0 Å². The monoisotopic (exact) mass is 136 g/mol. The number of nitrogens with zero attached hydrogens (tertiary/aromatic N) is 1. The fourth-order valence-electron chi connectivity index (χ4n) is 0.816. The fraction of sp³-hybridized carbons (Fsp3) is 0.375. The molecule has 0 bridgehead atoms. The summed E-state index contributed by atoms with van der Waals surface area (Å²) in [6, 6.07) is 0.242. The van der Waals surface area contributed by atoms with Gasteiger partial charge >= 0.3 is 0 Å². The quantitative estimate of drug-likeness (QED) is 0.542. The first-order valence-corrected chi connectivity index (χ1v) is 3.38. The van der Waals surface area contributed by atoms with Crippen LogP contribution in [0.25, 0.3) is 0 Å². The number of hydrogen-bond acceptors (Lipinski definition) is 2. The average Bonchev–Trinajstić information content (AvgIpc) is 1.88. The van der Waals surface area contributed by atoms with Gasteiger partial charge in [-0.05, 0) is 19.9 Å². The van der Waals surface area contributed by atoms with Crippen LogP contribution < -0.4 is 5.32 Å². The van der Waals surface area contributed by atoms with Crippen LogP contribution in [0, 0.1) is 0 Å². The second-order valence-corrected chi connectivity index (χ2v) is 2.54. The Labute approximate surface area is 61.4 Å². The molecule has 1 rings (SSSR count). The molecule has 1 atom stereocenters. The molecule has 1 heterocycles. The topological polar surface area (TPSA) is 24.4 Å². The van der Waals surface area contributed by atoms with Crippen molar-refractivity contribution in [2.45, 2.75) is 19.9 Å². The highest BCUT2D eigenvalue weighted by Crippen LogP contribution is 2.01. The van der Waals surface area contributed by atoms with Gasteiger partial charge in [-0.3, -0.25) is 4.99 Å². The molecular weight excluding hydrogens is 124 g/mol. The maximum atomic E-state index is 4.17. The van der Waals surface area contributed by atoms with Crippen molar-refractivity contribution in [2.24, 2.45) is 4.99 Å². The smallest absolute Gasteiger partial charge is 0.0897 e. The van der Waals surface area contributed by atoms with Crippen LogP contribution in [-0.4, -0.2) is 12.4 Å². The lowest BCUT2D eigenvalue weighted by Gasteiger charge is -2.05. The summed E-state index contributed by atoms with van der Waals surface area (Å²) in [5, 5.41) is 2.89. The van der Waals surface area contributed by atoms with E-state index in [0.717, 1.165) is 0 Å². The molecule has 0 amide bonds. The minimum absolute atomic E-state index is 0.242. The van der Waals surface area contributed by atoms with E-state index >= 15 is 0 Å². The van der Waals surface area contributed by atoms with Crippen LogP contribution in [0.4, 0.5) is 0 Å². The highest BCUT2D eigenvalue weighted by atomic mass is 15.0. The Kier molecular flexibility index (Phi) is 2.26. The molecule has 0 radical (unpaired) electrons. The molecule has 54 valence electrons. The average molecular weight is 136 g/mol. The number of nitrogens with one attached hydrogen (secondary N) is 1. The zero-order chi connectivity index (χ0) is 7.40. The van der Waals surface area contributed by atoms with Gasteiger partial charge < -0.3 is 5.32 Å². The van der Waals surface area contributed by atoms with Crippen LogP contribution in [0.15, 0.2) is 28.9 Å². The van der Waals surface area contributed by atoms with Crippen LogP contribution in [0.1, 0.15) is 13.8 Å². The van der Waals surface area contributed by atoms with Gasteiger partial charge in [0.15, 0.2) is 0 Å². The van der Waals surface area contributed by atoms with Crippen molar-refractivity contribution in [2.75, 3.05) is 0 Å². The molecule has 0 saturated heterocycles. The van der Waals surface area contributed by atoms with Crippen molar-refractivity contribution in [3.63, 3.8) is 0 Å². The lowest BCUT2D eigenvalue weighted by molar-refractivity contribution is 0.969. The molecule has 1 unspecified atom stereocenters. The van der Waals surface area contributed by atoms with Crippen molar-refractivity contribution < 1.29 is 0 Å². The van der Waals surface area contributed by atoms with Crippen LogP contribution in [0.5, 0.6) is 0 Å². The lowest BCUT2D eigenvalue weighted by atomic mass is 10.2. The van der Waals surface area contributed by atoms with E-state index in [2.05, 4.69) is 30.2 Å². The zero-order valence-electron chi connectivity index (χ0n) is 6.33. The molecule has 1 aliphatic heterocycles. The Morgan fingerprint density at radius 3 is 2.90 bits per heavy atom. The van der Waals surface area contributed by atoms with Crippen LogP contribution in [0.3, 0.4) is 0 Å². The van der Waals surface area contributed by atoms with Crippen molar-refractivity contribution in [1.29, 1.82) is 0 Å². The Hall–Kier alpha value is -1.05. The molecule has 0 saturated carbocycles. The minimum Gasteiger partial charge on any atom is -0.353 e. The van der Waals surface area contributed by atoms with E-state index in [9.17, 15) is 0 Å². The Bertz CT molecular complexity index is 173. The molecule has 0 fully saturated rings. The lowest BCUT2D eigenvalue weighted by Crippen LogP contribution is -2.11. The predicted molar refractivity (Wildman–Crippen MR) is 44.0 cm³/mol. The van der Waals surface area contributed by atoms with Crippen LogP contribution in [-0.2, 0) is 0 Å². The molecule has 0 spiro atoms. The second-order valence-electron chi connectivity index (χ2n) is 2.54. The second kappa shape index (κ2) is 3.20. The van der Waals surface area contributed by atoms with E-state index in [4.69, 9.17) is 0 Å². The first-order chi connectivity index (χ1) is 4.79. The van der Waals surface area contributed by atoms with Crippen molar-refractivity contribution in [3.8, 4) is 0 Å². The molecule has 1 aliphatic rings. The van der Waals surface area contributed by atoms with Crippen LogP contribution in [0.2, 0.25) is 0 Å². The van der Waals surface area contributed by atoms with Gasteiger partial charge in [0, 0.05) is 6.20 Å². The summed E-state index contributed by atoms with van der Waals surface area (Å²) in [6.45, 7) is 4.15. The molecule has 0 aromatic heterocycles. The Balaban J connectivity index is 2.56. The maximum absolute atomic E-state index is 4.17. The van der Waals surface area contributed by atoms with Crippen molar-refractivity contribution in [1.82, 2.24) is 5.32 Å². The SMILES string of the molecule is CC(C)=CC1C=CNC=N1. The van der Waals surface area contributed by atoms with E-state index in [1.807, 2.05) is 12.3 Å². The number of hydrogen-bond donors (Lipinski definition) is 1. The van der Waals surface area contributed by atoms with Crippen molar-refractivity contribution in [3.05, 3.63) is 23.9 Å². The summed E-state index contributed by atoms with van der Waals surface area (Å²) >= 11 is 0. The molecule has 2 heteroatoms. The highest BCUT2D eigenvalue weighted by Gasteiger charge is 1.97. The van der Waals surface area contributed by atoms with E-state index in [0.29, 0.717) is 0 Å². The zero-order valence-corrected chi connectivity index (χ0v) is 6.33. The van der Waals surface area contributed by atoms with E-state index in [1.54, 1.807) is 6.34 Å².